The summed E-state index contributed by atoms with van der Waals surface area (Å²) in [5, 5.41) is 1.24. The summed E-state index contributed by atoms with van der Waals surface area (Å²) in [6.45, 7) is 1.88. The zero-order valence-electron chi connectivity index (χ0n) is 12.5. The minimum absolute atomic E-state index is 0.287. The Hall–Kier alpha value is -1.42. The number of para-hydroxylation sites is 1. The molecule has 0 unspecified atom stereocenters. The maximum absolute atomic E-state index is 12.4. The van der Waals surface area contributed by atoms with Crippen molar-refractivity contribution in [2.45, 2.75) is 30.6 Å². The van der Waals surface area contributed by atoms with Crippen LogP contribution in [-0.4, -0.2) is 34.2 Å². The van der Waals surface area contributed by atoms with E-state index in [4.69, 9.17) is 0 Å². The number of amides is 1. The van der Waals surface area contributed by atoms with Crippen molar-refractivity contribution in [2.75, 3.05) is 18.8 Å². The van der Waals surface area contributed by atoms with Gasteiger partial charge in [-0.1, -0.05) is 31.0 Å². The van der Waals surface area contributed by atoms with Gasteiger partial charge in [0.1, 0.15) is 0 Å². The van der Waals surface area contributed by atoms with E-state index in [1.165, 1.54) is 28.6 Å². The van der Waals surface area contributed by atoms with Crippen molar-refractivity contribution in [1.82, 2.24) is 9.47 Å². The van der Waals surface area contributed by atoms with Crippen molar-refractivity contribution >= 4 is 28.6 Å². The van der Waals surface area contributed by atoms with Crippen LogP contribution in [0.2, 0.25) is 0 Å². The molecule has 1 aliphatic heterocycles. The smallest absolute Gasteiger partial charge is 0.232 e. The molecule has 0 bridgehead atoms. The molecule has 0 spiro atoms. The lowest BCUT2D eigenvalue weighted by Crippen LogP contribution is -2.33. The second-order valence-electron chi connectivity index (χ2n) is 5.71. The molecule has 0 N–H and O–H groups in total. The van der Waals surface area contributed by atoms with Gasteiger partial charge in [0, 0.05) is 42.1 Å². The molecule has 4 heteroatoms. The number of thioether (sulfide) groups is 1. The fourth-order valence-electron chi connectivity index (χ4n) is 2.97. The highest BCUT2D eigenvalue weighted by atomic mass is 32.2. The van der Waals surface area contributed by atoms with Gasteiger partial charge in [-0.25, -0.2) is 0 Å². The van der Waals surface area contributed by atoms with Gasteiger partial charge in [-0.05, 0) is 18.9 Å². The molecule has 1 fully saturated rings. The number of aromatic nitrogens is 1. The second kappa shape index (κ2) is 6.56. The number of hydrogen-bond acceptors (Lipinski definition) is 2. The molecule has 0 aliphatic carbocycles. The van der Waals surface area contributed by atoms with Gasteiger partial charge in [0.05, 0.1) is 5.75 Å². The number of carbonyl (C=O) groups excluding carboxylic acids is 1. The third-order valence-electron chi connectivity index (χ3n) is 4.17. The van der Waals surface area contributed by atoms with Crippen LogP contribution in [-0.2, 0) is 11.8 Å². The SMILES string of the molecule is Cn1cc(SCC(=O)N2CCCCCC2)c2ccccc21. The zero-order chi connectivity index (χ0) is 14.7. The fraction of sp³-hybridized carbons (Fsp3) is 0.471. The van der Waals surface area contributed by atoms with Gasteiger partial charge in [0.25, 0.3) is 0 Å². The second-order valence-corrected chi connectivity index (χ2v) is 6.72. The number of nitrogens with zero attached hydrogens (tertiary/aromatic N) is 2. The zero-order valence-corrected chi connectivity index (χ0v) is 13.4. The quantitative estimate of drug-likeness (QED) is 0.808. The maximum atomic E-state index is 12.4. The number of fused-ring (bicyclic) bond motifs is 1. The molecule has 21 heavy (non-hydrogen) atoms. The number of aryl methyl sites for hydroxylation is 1. The van der Waals surface area contributed by atoms with Crippen LogP contribution < -0.4 is 0 Å². The Morgan fingerprint density at radius 2 is 1.86 bits per heavy atom. The summed E-state index contributed by atoms with van der Waals surface area (Å²) < 4.78 is 2.13. The lowest BCUT2D eigenvalue weighted by atomic mass is 10.2. The summed E-state index contributed by atoms with van der Waals surface area (Å²) in [6.07, 6.45) is 6.97. The van der Waals surface area contributed by atoms with Gasteiger partial charge >= 0.3 is 0 Å². The van der Waals surface area contributed by atoms with E-state index in [-0.39, 0.29) is 5.91 Å². The molecule has 112 valence electrons. The molecule has 0 saturated carbocycles. The van der Waals surface area contributed by atoms with Crippen molar-refractivity contribution in [3.05, 3.63) is 30.5 Å². The van der Waals surface area contributed by atoms with Crippen LogP contribution in [0.15, 0.2) is 35.4 Å². The molecular weight excluding hydrogens is 280 g/mol. The first-order chi connectivity index (χ1) is 10.3. The van der Waals surface area contributed by atoms with E-state index < -0.39 is 0 Å². The highest BCUT2D eigenvalue weighted by molar-refractivity contribution is 8.00. The molecular formula is C17H22N2OS. The Morgan fingerprint density at radius 1 is 1.14 bits per heavy atom. The highest BCUT2D eigenvalue weighted by Gasteiger charge is 2.16. The molecule has 2 aromatic rings. The third kappa shape index (κ3) is 3.26. The molecule has 2 heterocycles. The van der Waals surface area contributed by atoms with Crippen LogP contribution in [0.4, 0.5) is 0 Å². The van der Waals surface area contributed by atoms with Crippen molar-refractivity contribution in [3.8, 4) is 0 Å². The molecule has 3 nitrogen and oxygen atoms in total. The molecule has 1 aromatic carbocycles. The molecule has 0 atom stereocenters. The van der Waals surface area contributed by atoms with E-state index in [1.54, 1.807) is 11.8 Å². The van der Waals surface area contributed by atoms with Crippen LogP contribution in [0.1, 0.15) is 25.7 Å². The Kier molecular flexibility index (Phi) is 4.54. The minimum atomic E-state index is 0.287. The van der Waals surface area contributed by atoms with Gasteiger partial charge in [-0.3, -0.25) is 4.79 Å². The summed E-state index contributed by atoms with van der Waals surface area (Å²) in [4.78, 5) is 15.6. The number of likely N-dealkylation sites (tertiary alicyclic amines) is 1. The Bertz CT molecular complexity index is 627. The average molecular weight is 302 g/mol. The fourth-order valence-corrected chi connectivity index (χ4v) is 3.99. The van der Waals surface area contributed by atoms with Crippen molar-refractivity contribution in [1.29, 1.82) is 0 Å². The lowest BCUT2D eigenvalue weighted by Gasteiger charge is -2.19. The molecule has 1 aromatic heterocycles. The molecule has 1 aliphatic rings. The first-order valence-corrected chi connectivity index (χ1v) is 8.69. The minimum Gasteiger partial charge on any atom is -0.349 e. The van der Waals surface area contributed by atoms with E-state index in [0.717, 1.165) is 25.9 Å². The van der Waals surface area contributed by atoms with Gasteiger partial charge < -0.3 is 9.47 Å². The molecule has 1 amide bonds. The summed E-state index contributed by atoms with van der Waals surface area (Å²) in [7, 11) is 2.06. The van der Waals surface area contributed by atoms with E-state index in [9.17, 15) is 4.79 Å². The normalized spacial score (nSPS) is 16.1. The largest absolute Gasteiger partial charge is 0.349 e. The van der Waals surface area contributed by atoms with E-state index in [2.05, 4.69) is 42.1 Å². The number of benzene rings is 1. The van der Waals surface area contributed by atoms with Crippen LogP contribution in [0.25, 0.3) is 10.9 Å². The first-order valence-electron chi connectivity index (χ1n) is 7.70. The lowest BCUT2D eigenvalue weighted by molar-refractivity contribution is -0.128. The van der Waals surface area contributed by atoms with Gasteiger partial charge in [0.2, 0.25) is 5.91 Å². The summed E-state index contributed by atoms with van der Waals surface area (Å²) in [5.74, 6) is 0.836. The topological polar surface area (TPSA) is 25.2 Å². The molecule has 1 saturated heterocycles. The van der Waals surface area contributed by atoms with Crippen LogP contribution >= 0.6 is 11.8 Å². The van der Waals surface area contributed by atoms with Crippen molar-refractivity contribution < 1.29 is 4.79 Å². The summed E-state index contributed by atoms with van der Waals surface area (Å²) >= 11 is 1.67. The highest BCUT2D eigenvalue weighted by Crippen LogP contribution is 2.29. The van der Waals surface area contributed by atoms with E-state index in [1.807, 2.05) is 4.90 Å². The third-order valence-corrected chi connectivity index (χ3v) is 5.20. The van der Waals surface area contributed by atoms with Crippen molar-refractivity contribution in [2.24, 2.45) is 7.05 Å². The van der Waals surface area contributed by atoms with Gasteiger partial charge in [0.15, 0.2) is 0 Å². The molecule has 0 radical (unpaired) electrons. The Balaban J connectivity index is 1.67. The van der Waals surface area contributed by atoms with E-state index >= 15 is 0 Å². The standard InChI is InChI=1S/C17H22N2OS/c1-18-12-16(14-8-4-5-9-15(14)18)21-13-17(20)19-10-6-2-3-7-11-19/h4-5,8-9,12H,2-3,6-7,10-11,13H2,1H3. The van der Waals surface area contributed by atoms with Gasteiger partial charge in [-0.15, -0.1) is 11.8 Å². The van der Waals surface area contributed by atoms with Crippen molar-refractivity contribution in [3.63, 3.8) is 0 Å². The summed E-state index contributed by atoms with van der Waals surface area (Å²) in [6, 6.07) is 8.37. The molecule has 3 rings (SSSR count). The van der Waals surface area contributed by atoms with Crippen LogP contribution in [0.3, 0.4) is 0 Å². The van der Waals surface area contributed by atoms with E-state index in [0.29, 0.717) is 5.75 Å². The maximum Gasteiger partial charge on any atom is 0.232 e. The number of hydrogen-bond donors (Lipinski definition) is 0. The number of carbonyl (C=O) groups is 1. The Labute approximate surface area is 130 Å². The van der Waals surface area contributed by atoms with Gasteiger partial charge in [-0.2, -0.15) is 0 Å². The first kappa shape index (κ1) is 14.5. The predicted octanol–water partition coefficient (Wildman–Crippen LogP) is 3.67. The summed E-state index contributed by atoms with van der Waals surface area (Å²) in [5.41, 5.74) is 1.22. The average Bonchev–Trinajstić information content (AvgIpc) is 2.71. The Morgan fingerprint density at radius 3 is 2.62 bits per heavy atom. The monoisotopic (exact) mass is 302 g/mol. The van der Waals surface area contributed by atoms with Crippen LogP contribution in [0.5, 0.6) is 0 Å². The predicted molar refractivity (Wildman–Crippen MR) is 88.7 cm³/mol. The number of rotatable bonds is 3. The van der Waals surface area contributed by atoms with Crippen LogP contribution in [0, 0.1) is 0 Å².